The summed E-state index contributed by atoms with van der Waals surface area (Å²) in [4.78, 5) is 297. The number of ether oxygens (including phenoxy) is 2. The van der Waals surface area contributed by atoms with Crippen LogP contribution in [0.3, 0.4) is 0 Å². The summed E-state index contributed by atoms with van der Waals surface area (Å²) in [5, 5.41) is 0. The highest BCUT2D eigenvalue weighted by molar-refractivity contribution is 5.97. The number of carbonyl (C=O) groups excluding carboxylic acids is 16. The van der Waals surface area contributed by atoms with Crippen LogP contribution in [-0.2, 0) is 22.6 Å². The fraction of sp³-hybridized carbons (Fsp3) is 0.514. The Morgan fingerprint density at radius 3 is 0.431 bits per heavy atom. The molecular weight excluding hydrogens is 1840 g/mol. The molecule has 24 aliphatic rings. The third kappa shape index (κ3) is 9.38. The lowest BCUT2D eigenvalue weighted by molar-refractivity contribution is -0.699. The van der Waals surface area contributed by atoms with Crippen molar-refractivity contribution in [2.75, 3.05) is 133 Å². The summed E-state index contributed by atoms with van der Waals surface area (Å²) in [5.41, 5.74) is 4.71. The minimum absolute atomic E-state index is 0. The number of halogens is 2. The smallest absolute Gasteiger partial charge is 0.326 e. The Kier molecular flexibility index (Phi) is 15.6. The van der Waals surface area contributed by atoms with Gasteiger partial charge in [0.15, 0.2) is 137 Å². The molecule has 24 aliphatic heterocycles. The van der Waals surface area contributed by atoms with E-state index in [1.807, 2.05) is 49.1 Å². The summed E-state index contributed by atoms with van der Waals surface area (Å²) < 4.78 is 15.7. The summed E-state index contributed by atoms with van der Waals surface area (Å²) in [6.45, 7) is -4.73. The van der Waals surface area contributed by atoms with Crippen molar-refractivity contribution >= 4 is 96.5 Å². The first kappa shape index (κ1) is 77.0. The Balaban J connectivity index is 0.000000223. The van der Waals surface area contributed by atoms with E-state index in [2.05, 4.69) is 68.2 Å². The predicted molar refractivity (Wildman–Crippen MR) is 405 cm³/mol. The van der Waals surface area contributed by atoms with Gasteiger partial charge in [0.05, 0.1) is 13.2 Å². The van der Waals surface area contributed by atoms with Gasteiger partial charge >= 0.3 is 96.5 Å². The molecule has 0 aromatic carbocycles. The molecule has 24 fully saturated rings. The maximum Gasteiger partial charge on any atom is 0.326 e. The summed E-state index contributed by atoms with van der Waals surface area (Å²) in [5.74, 6) is 0. The normalized spacial score (nSPS) is 32.5. The molecule has 56 heteroatoms. The molecule has 4 aromatic rings. The Morgan fingerprint density at radius 2 is 0.308 bits per heavy atom. The van der Waals surface area contributed by atoms with Crippen molar-refractivity contribution in [2.24, 2.45) is 0 Å². The number of rotatable bonds is 11. The predicted octanol–water partition coefficient (Wildman–Crippen LogP) is -10.4. The van der Waals surface area contributed by atoms with Crippen LogP contribution in [0.1, 0.15) is 0 Å². The monoisotopic (exact) mass is 1910 g/mol. The summed E-state index contributed by atoms with van der Waals surface area (Å²) >= 11 is 0. The van der Waals surface area contributed by atoms with Crippen molar-refractivity contribution in [2.45, 2.75) is 112 Å². The third-order valence-corrected chi connectivity index (χ3v) is 30.3. The largest absolute Gasteiger partial charge is 1.00 e. The van der Waals surface area contributed by atoms with Gasteiger partial charge in [-0.3, -0.25) is 167 Å². The van der Waals surface area contributed by atoms with Crippen molar-refractivity contribution in [3.63, 3.8) is 0 Å². The second-order valence-electron chi connectivity index (χ2n) is 35.8. The van der Waals surface area contributed by atoms with Crippen molar-refractivity contribution in [1.29, 1.82) is 0 Å². The maximum atomic E-state index is 15.5. The lowest BCUT2D eigenvalue weighted by Crippen LogP contribution is -3.00. The lowest BCUT2D eigenvalue weighted by Gasteiger charge is -2.42. The van der Waals surface area contributed by atoms with Gasteiger partial charge in [0.2, 0.25) is 0 Å². The van der Waals surface area contributed by atoms with E-state index in [0.29, 0.717) is 26.4 Å². The molecule has 0 bridgehead atoms. The maximum absolute atomic E-state index is 15.5. The SMILES string of the molecule is O=C1N2CN3C(=O)N4CN5C(=O)N6CN7C(=O)N8CN9C(=O)N%10CN%11C(=O)N%12CN%13C(=O)N%14CN%15C(=O)N%16CN1C1C2N2CN%17C(=O)N(CN%18C(=O)N(CN%19C(=O)N(CN%20C(=O)N(CN%21C(=O)N(CN%22C(=O)N(CN%23C(=O)N(CN1C2=O)C%16C%15%23)C%14C%13%22)C%12C%11%21)C%10C9%20)C8C7%19)C6C5%18)C4C3%17.[Br-].[Br-].c1cc(-c2cc[n+](CCOCCOCC[n+]3ccc(-c4ccncc4)cc3)cc2)ccn1. The molecule has 54 nitrogen and oxygen atoms in total. The summed E-state index contributed by atoms with van der Waals surface area (Å²) in [6, 6.07) is 4.61. The molecular formula is C74H76Br2N36O18. The minimum Gasteiger partial charge on any atom is -1.00 e. The highest BCUT2D eigenvalue weighted by Gasteiger charge is 2.78. The Morgan fingerprint density at radius 1 is 0.192 bits per heavy atom. The van der Waals surface area contributed by atoms with Gasteiger partial charge in [0.1, 0.15) is 120 Å². The van der Waals surface area contributed by atoms with Gasteiger partial charge < -0.3 is 43.4 Å². The zero-order chi connectivity index (χ0) is 86.1. The number of urea groups is 16. The second kappa shape index (κ2) is 26.3. The molecule has 130 heavy (non-hydrogen) atoms. The Bertz CT molecular complexity index is 4510. The first-order valence-electron chi connectivity index (χ1n) is 42.3. The van der Waals surface area contributed by atoms with Crippen molar-refractivity contribution < 1.29 is 129 Å². The fourth-order valence-corrected chi connectivity index (χ4v) is 24.7. The molecule has 4 aromatic heterocycles. The van der Waals surface area contributed by atoms with E-state index in [0.717, 1.165) is 13.1 Å². The third-order valence-electron chi connectivity index (χ3n) is 30.3. The average Bonchev–Trinajstić information content (AvgIpc) is 1.51. The zero-order valence-electron chi connectivity index (χ0n) is 68.2. The van der Waals surface area contributed by atoms with Crippen molar-refractivity contribution in [3.05, 3.63) is 98.1 Å². The first-order chi connectivity index (χ1) is 62.2. The topological polar surface area (TPSA) is 429 Å². The highest BCUT2D eigenvalue weighted by Crippen LogP contribution is 2.54. The number of carbonyl (C=O) groups is 16. The molecule has 0 radical (unpaired) electrons. The Hall–Kier alpha value is -14.2. The molecule has 0 atom stereocenters. The van der Waals surface area contributed by atoms with Crippen LogP contribution in [0.15, 0.2) is 98.1 Å². The van der Waals surface area contributed by atoms with Gasteiger partial charge in [0, 0.05) is 49.1 Å². The molecule has 32 amide bonds. The van der Waals surface area contributed by atoms with Gasteiger partial charge in [-0.15, -0.1) is 0 Å². The Labute approximate surface area is 754 Å². The van der Waals surface area contributed by atoms with Gasteiger partial charge in [-0.1, -0.05) is 0 Å². The van der Waals surface area contributed by atoms with Crippen molar-refractivity contribution in [1.82, 2.24) is 167 Å². The second-order valence-corrected chi connectivity index (χ2v) is 35.8. The van der Waals surface area contributed by atoms with Crippen LogP contribution in [0.2, 0.25) is 0 Å². The molecule has 0 saturated carbocycles. The molecule has 0 aliphatic carbocycles. The molecule has 0 N–H and O–H groups in total. The van der Waals surface area contributed by atoms with Crippen LogP contribution >= 0.6 is 0 Å². The highest BCUT2D eigenvalue weighted by atomic mass is 79.9. The van der Waals surface area contributed by atoms with Crippen molar-refractivity contribution in [3.8, 4) is 22.3 Å². The van der Waals surface area contributed by atoms with Gasteiger partial charge in [-0.2, -0.15) is 0 Å². The fourth-order valence-electron chi connectivity index (χ4n) is 24.7. The standard InChI is InChI=1S/C48H48N32O16.C26H28N4O2.2BrH/c81-33-49-1-50-18-20-54(34(50)82)4-58-22-24-62(38(58)86)8-66-26-28-70(42(66)90)12-74-30-32-78(46(74)94)15-77-31-29-73(45(77)93)11-69-27-25-65(41(69)89)7-61-23-21-57(37(61)85)3-53(33)19-17(49)51-2-52(18)36(84)56(20)6-60(22)40(88)64(24)10-68(26)44(92)72(28)14-76(30)48(96)80(32)16-79(31)47(95)75(29)13-71(27)43(91)67(25)9-63(23)39(87)59(21)5-55(19)35(51)83;1-9-27-10-2-23(1)25-5-13-29(14-6-25)17-19-31-21-22-32-20-18-30-15-7-26(8-16-30)24-3-11-28-12-4-24;;/h17-32H,1-16H2;1-16H,17-22H2;2*1H/q;+2;;/p-2. The van der Waals surface area contributed by atoms with Crippen LogP contribution in [0, 0.1) is 0 Å². The van der Waals surface area contributed by atoms with E-state index < -0.39 is 302 Å². The van der Waals surface area contributed by atoms with E-state index in [4.69, 9.17) is 9.47 Å². The number of nitrogens with zero attached hydrogens (tertiary/aromatic N) is 36. The summed E-state index contributed by atoms with van der Waals surface area (Å²) in [7, 11) is 0. The molecule has 674 valence electrons. The number of hydrogen-bond acceptors (Lipinski definition) is 20. The molecule has 0 unspecified atom stereocenters. The van der Waals surface area contributed by atoms with E-state index in [9.17, 15) is 0 Å². The van der Waals surface area contributed by atoms with Crippen LogP contribution < -0.4 is 43.1 Å². The average molecular weight is 1920 g/mol. The van der Waals surface area contributed by atoms with Crippen LogP contribution in [0.25, 0.3) is 22.3 Å². The van der Waals surface area contributed by atoms with Gasteiger partial charge in [0.25, 0.3) is 0 Å². The lowest BCUT2D eigenvalue weighted by atomic mass is 10.1. The van der Waals surface area contributed by atoms with E-state index in [1.165, 1.54) is 179 Å². The number of hydrogen-bond donors (Lipinski definition) is 0. The van der Waals surface area contributed by atoms with Gasteiger partial charge in [-0.25, -0.2) is 85.8 Å². The molecule has 0 spiro atoms. The summed E-state index contributed by atoms with van der Waals surface area (Å²) in [6.07, 6.45) is -4.88. The zero-order valence-corrected chi connectivity index (χ0v) is 71.4. The van der Waals surface area contributed by atoms with E-state index in [1.54, 1.807) is 0 Å². The minimum atomic E-state index is -1.28. The molecule has 28 rings (SSSR count). The molecule has 28 heterocycles. The van der Waals surface area contributed by atoms with Crippen LogP contribution in [0.4, 0.5) is 76.7 Å². The number of aromatic nitrogens is 4. The number of pyridine rings is 4. The molecule has 24 saturated heterocycles. The van der Waals surface area contributed by atoms with Gasteiger partial charge in [-0.05, 0) is 46.5 Å². The van der Waals surface area contributed by atoms with Crippen LogP contribution in [-0.4, -0.2) is 495 Å². The van der Waals surface area contributed by atoms with Crippen LogP contribution in [0.5, 0.6) is 0 Å². The van der Waals surface area contributed by atoms with E-state index >= 15 is 76.7 Å². The first-order valence-corrected chi connectivity index (χ1v) is 42.3. The van der Waals surface area contributed by atoms with E-state index in [-0.39, 0.29) is 34.0 Å². The quantitative estimate of drug-likeness (QED) is 0.0994. The number of amides is 32.